The van der Waals surface area contributed by atoms with E-state index in [0.717, 1.165) is 5.56 Å². The molecule has 1 aromatic heterocycles. The summed E-state index contributed by atoms with van der Waals surface area (Å²) in [5.74, 6) is -0.320. The predicted octanol–water partition coefficient (Wildman–Crippen LogP) is 2.13. The van der Waals surface area contributed by atoms with Gasteiger partial charge in [-0.05, 0) is 5.56 Å². The SMILES string of the molecule is CC(Cn1ccnc1C#N)C(=O)OCc1ccccc1. The highest BCUT2D eigenvalue weighted by atomic mass is 16.5. The Morgan fingerprint density at radius 3 is 2.90 bits per heavy atom. The van der Waals surface area contributed by atoms with E-state index in [9.17, 15) is 4.79 Å². The second-order valence-electron chi connectivity index (χ2n) is 4.51. The molecule has 0 aliphatic carbocycles. The topological polar surface area (TPSA) is 67.9 Å². The lowest BCUT2D eigenvalue weighted by atomic mass is 10.2. The zero-order valence-corrected chi connectivity index (χ0v) is 11.2. The van der Waals surface area contributed by atoms with E-state index in [-0.39, 0.29) is 18.5 Å². The van der Waals surface area contributed by atoms with Crippen LogP contribution in [0.25, 0.3) is 0 Å². The molecular formula is C15H15N3O2. The number of carbonyl (C=O) groups excluding carboxylic acids is 1. The quantitative estimate of drug-likeness (QED) is 0.780. The fraction of sp³-hybridized carbons (Fsp3) is 0.267. The maximum Gasteiger partial charge on any atom is 0.310 e. The first-order valence-corrected chi connectivity index (χ1v) is 6.32. The van der Waals surface area contributed by atoms with Crippen LogP contribution in [-0.2, 0) is 22.7 Å². The van der Waals surface area contributed by atoms with Crippen molar-refractivity contribution in [3.63, 3.8) is 0 Å². The number of hydrogen-bond acceptors (Lipinski definition) is 4. The van der Waals surface area contributed by atoms with E-state index in [1.165, 1.54) is 0 Å². The summed E-state index contributed by atoms with van der Waals surface area (Å²) in [6.45, 7) is 2.42. The molecule has 2 rings (SSSR count). The zero-order valence-electron chi connectivity index (χ0n) is 11.2. The highest BCUT2D eigenvalue weighted by Crippen LogP contribution is 2.08. The van der Waals surface area contributed by atoms with Crippen LogP contribution in [0.15, 0.2) is 42.7 Å². The minimum atomic E-state index is -0.333. The van der Waals surface area contributed by atoms with Crippen LogP contribution in [0.5, 0.6) is 0 Å². The number of aromatic nitrogens is 2. The summed E-state index contributed by atoms with van der Waals surface area (Å²) in [5, 5.41) is 8.86. The number of imidazole rings is 1. The Balaban J connectivity index is 1.88. The third-order valence-corrected chi connectivity index (χ3v) is 2.91. The molecule has 0 aliphatic rings. The van der Waals surface area contributed by atoms with Crippen molar-refractivity contribution in [2.75, 3.05) is 0 Å². The van der Waals surface area contributed by atoms with E-state index in [2.05, 4.69) is 4.98 Å². The molecule has 1 atom stereocenters. The largest absolute Gasteiger partial charge is 0.461 e. The number of nitrogens with zero attached hydrogens (tertiary/aromatic N) is 3. The van der Waals surface area contributed by atoms with Crippen molar-refractivity contribution in [2.24, 2.45) is 5.92 Å². The first kappa shape index (κ1) is 13.8. The van der Waals surface area contributed by atoms with E-state index in [0.29, 0.717) is 12.4 Å². The van der Waals surface area contributed by atoms with Crippen molar-refractivity contribution in [1.82, 2.24) is 9.55 Å². The number of benzene rings is 1. The molecule has 0 amide bonds. The Morgan fingerprint density at radius 2 is 2.20 bits per heavy atom. The molecule has 0 saturated heterocycles. The molecule has 0 saturated carbocycles. The van der Waals surface area contributed by atoms with Crippen molar-refractivity contribution in [3.05, 3.63) is 54.1 Å². The van der Waals surface area contributed by atoms with E-state index < -0.39 is 0 Å². The third-order valence-electron chi connectivity index (χ3n) is 2.91. The Morgan fingerprint density at radius 1 is 1.45 bits per heavy atom. The van der Waals surface area contributed by atoms with Crippen LogP contribution in [0.1, 0.15) is 18.3 Å². The number of ether oxygens (including phenoxy) is 1. The van der Waals surface area contributed by atoms with Crippen LogP contribution in [0.2, 0.25) is 0 Å². The second-order valence-corrected chi connectivity index (χ2v) is 4.51. The minimum Gasteiger partial charge on any atom is -0.461 e. The Hall–Kier alpha value is -2.61. The number of nitriles is 1. The lowest BCUT2D eigenvalue weighted by molar-refractivity contribution is -0.149. The number of carbonyl (C=O) groups is 1. The first-order valence-electron chi connectivity index (χ1n) is 6.32. The standard InChI is InChI=1S/C15H15N3O2/c1-12(10-18-8-7-17-14(18)9-16)15(19)20-11-13-5-3-2-4-6-13/h2-8,12H,10-11H2,1H3. The highest BCUT2D eigenvalue weighted by Gasteiger charge is 2.16. The summed E-state index contributed by atoms with van der Waals surface area (Å²) in [6.07, 6.45) is 3.22. The van der Waals surface area contributed by atoms with Gasteiger partial charge in [0.05, 0.1) is 5.92 Å². The van der Waals surface area contributed by atoms with Crippen molar-refractivity contribution < 1.29 is 9.53 Å². The molecule has 0 spiro atoms. The van der Waals surface area contributed by atoms with Crippen LogP contribution in [-0.4, -0.2) is 15.5 Å². The van der Waals surface area contributed by atoms with Gasteiger partial charge in [-0.3, -0.25) is 4.79 Å². The van der Waals surface area contributed by atoms with E-state index >= 15 is 0 Å². The molecule has 5 nitrogen and oxygen atoms in total. The molecule has 1 heterocycles. The number of esters is 1. The van der Waals surface area contributed by atoms with Gasteiger partial charge in [0.25, 0.3) is 0 Å². The zero-order chi connectivity index (χ0) is 14.4. The summed E-state index contributed by atoms with van der Waals surface area (Å²) in [5.41, 5.74) is 0.952. The van der Waals surface area contributed by atoms with Crippen LogP contribution < -0.4 is 0 Å². The van der Waals surface area contributed by atoms with Gasteiger partial charge in [-0.2, -0.15) is 5.26 Å². The Bertz CT molecular complexity index is 614. The van der Waals surface area contributed by atoms with Crippen molar-refractivity contribution in [1.29, 1.82) is 5.26 Å². The predicted molar refractivity (Wildman–Crippen MR) is 72.3 cm³/mol. The average molecular weight is 269 g/mol. The monoisotopic (exact) mass is 269 g/mol. The molecule has 0 bridgehead atoms. The molecular weight excluding hydrogens is 254 g/mol. The fourth-order valence-electron chi connectivity index (χ4n) is 1.81. The second kappa shape index (κ2) is 6.53. The third kappa shape index (κ3) is 3.45. The van der Waals surface area contributed by atoms with Crippen LogP contribution >= 0.6 is 0 Å². The van der Waals surface area contributed by atoms with Crippen molar-refractivity contribution in [2.45, 2.75) is 20.1 Å². The van der Waals surface area contributed by atoms with Crippen LogP contribution in [0.3, 0.4) is 0 Å². The van der Waals surface area contributed by atoms with Gasteiger partial charge in [-0.1, -0.05) is 37.3 Å². The Kier molecular flexibility index (Phi) is 4.51. The molecule has 5 heteroatoms. The molecule has 0 fully saturated rings. The normalized spacial score (nSPS) is 11.6. The molecule has 20 heavy (non-hydrogen) atoms. The first-order chi connectivity index (χ1) is 9.70. The summed E-state index contributed by atoms with van der Waals surface area (Å²) < 4.78 is 6.90. The molecule has 1 unspecified atom stereocenters. The molecule has 0 radical (unpaired) electrons. The smallest absolute Gasteiger partial charge is 0.310 e. The number of rotatable bonds is 5. The Labute approximate surface area is 117 Å². The molecule has 0 aliphatic heterocycles. The summed E-state index contributed by atoms with van der Waals surface area (Å²) in [4.78, 5) is 15.8. The summed E-state index contributed by atoms with van der Waals surface area (Å²) in [6, 6.07) is 11.5. The van der Waals surface area contributed by atoms with Gasteiger partial charge in [0.1, 0.15) is 12.7 Å². The maximum absolute atomic E-state index is 11.9. The van der Waals surface area contributed by atoms with Gasteiger partial charge in [0, 0.05) is 18.9 Å². The number of hydrogen-bond donors (Lipinski definition) is 0. The molecule has 0 N–H and O–H groups in total. The van der Waals surface area contributed by atoms with Crippen LogP contribution in [0.4, 0.5) is 0 Å². The molecule has 1 aromatic carbocycles. The van der Waals surface area contributed by atoms with Gasteiger partial charge in [-0.25, -0.2) is 4.98 Å². The summed E-state index contributed by atoms with van der Waals surface area (Å²) >= 11 is 0. The van der Waals surface area contributed by atoms with Crippen molar-refractivity contribution >= 4 is 5.97 Å². The van der Waals surface area contributed by atoms with Crippen LogP contribution in [0, 0.1) is 17.2 Å². The van der Waals surface area contributed by atoms with Gasteiger partial charge >= 0.3 is 5.97 Å². The van der Waals surface area contributed by atoms with Gasteiger partial charge in [-0.15, -0.1) is 0 Å². The van der Waals surface area contributed by atoms with E-state index in [4.69, 9.17) is 10.00 Å². The van der Waals surface area contributed by atoms with E-state index in [1.54, 1.807) is 23.9 Å². The maximum atomic E-state index is 11.9. The van der Waals surface area contributed by atoms with Gasteiger partial charge < -0.3 is 9.30 Å². The highest BCUT2D eigenvalue weighted by molar-refractivity contribution is 5.71. The average Bonchev–Trinajstić information content (AvgIpc) is 2.93. The molecule has 102 valence electrons. The van der Waals surface area contributed by atoms with Gasteiger partial charge in [0.2, 0.25) is 5.82 Å². The van der Waals surface area contributed by atoms with Gasteiger partial charge in [0.15, 0.2) is 0 Å². The summed E-state index contributed by atoms with van der Waals surface area (Å²) in [7, 11) is 0. The fourth-order valence-corrected chi connectivity index (χ4v) is 1.81. The van der Waals surface area contributed by atoms with Crippen molar-refractivity contribution in [3.8, 4) is 6.07 Å². The lowest BCUT2D eigenvalue weighted by Gasteiger charge is -2.12. The molecule has 2 aromatic rings. The van der Waals surface area contributed by atoms with E-state index in [1.807, 2.05) is 36.4 Å². The minimum absolute atomic E-state index is 0.263. The lowest BCUT2D eigenvalue weighted by Crippen LogP contribution is -2.20.